The molecule has 90 valence electrons. The fraction of sp³-hybridized carbons (Fsp3) is 0.818. The van der Waals surface area contributed by atoms with Crippen LogP contribution in [-0.2, 0) is 9.59 Å². The molecule has 5 nitrogen and oxygen atoms in total. The van der Waals surface area contributed by atoms with Crippen LogP contribution in [0.5, 0.6) is 0 Å². The van der Waals surface area contributed by atoms with Crippen LogP contribution in [0.4, 0.5) is 0 Å². The van der Waals surface area contributed by atoms with Crippen molar-refractivity contribution in [2.75, 3.05) is 19.6 Å². The number of likely N-dealkylation sites (tertiary alicyclic amines) is 1. The second-order valence-electron chi connectivity index (χ2n) is 4.64. The van der Waals surface area contributed by atoms with Gasteiger partial charge in [0, 0.05) is 25.0 Å². The predicted octanol–water partition coefficient (Wildman–Crippen LogP) is -0.538. The topological polar surface area (TPSA) is 75.4 Å². The maximum atomic E-state index is 11.5. The maximum Gasteiger partial charge on any atom is 0.236 e. The molecule has 0 unspecified atom stereocenters. The lowest BCUT2D eigenvalue weighted by Crippen LogP contribution is -2.48. The molecule has 0 spiro atoms. The lowest BCUT2D eigenvalue weighted by Gasteiger charge is -2.32. The number of carbonyl (C=O) groups is 2. The van der Waals surface area contributed by atoms with E-state index in [9.17, 15) is 9.59 Å². The highest BCUT2D eigenvalue weighted by molar-refractivity contribution is 5.81. The van der Waals surface area contributed by atoms with Crippen molar-refractivity contribution < 1.29 is 9.59 Å². The van der Waals surface area contributed by atoms with E-state index in [0.29, 0.717) is 13.1 Å². The van der Waals surface area contributed by atoms with Crippen LogP contribution in [0.2, 0.25) is 0 Å². The first kappa shape index (κ1) is 11.4. The molecule has 0 aromatic carbocycles. The zero-order chi connectivity index (χ0) is 11.5. The second kappa shape index (κ2) is 4.82. The zero-order valence-corrected chi connectivity index (χ0v) is 9.45. The molecule has 0 bridgehead atoms. The van der Waals surface area contributed by atoms with Crippen LogP contribution in [0.1, 0.15) is 25.7 Å². The van der Waals surface area contributed by atoms with Crippen LogP contribution in [0.25, 0.3) is 0 Å². The Kier molecular flexibility index (Phi) is 3.43. The minimum absolute atomic E-state index is 0.00645. The van der Waals surface area contributed by atoms with Crippen LogP contribution < -0.4 is 11.1 Å². The summed E-state index contributed by atoms with van der Waals surface area (Å²) in [7, 11) is 0. The zero-order valence-electron chi connectivity index (χ0n) is 9.45. The number of piperidine rings is 1. The van der Waals surface area contributed by atoms with Gasteiger partial charge in [-0.2, -0.15) is 0 Å². The fourth-order valence-corrected chi connectivity index (χ4v) is 2.07. The third-order valence-electron chi connectivity index (χ3n) is 3.32. The van der Waals surface area contributed by atoms with E-state index in [1.165, 1.54) is 0 Å². The summed E-state index contributed by atoms with van der Waals surface area (Å²) in [6.45, 7) is 1.51. The Labute approximate surface area is 95.3 Å². The van der Waals surface area contributed by atoms with Crippen molar-refractivity contribution in [3.8, 4) is 0 Å². The van der Waals surface area contributed by atoms with E-state index in [4.69, 9.17) is 5.73 Å². The summed E-state index contributed by atoms with van der Waals surface area (Å²) < 4.78 is 0. The summed E-state index contributed by atoms with van der Waals surface area (Å²) in [4.78, 5) is 24.6. The molecule has 0 atom stereocenters. The Morgan fingerprint density at radius 2 is 1.81 bits per heavy atom. The van der Waals surface area contributed by atoms with Gasteiger partial charge in [-0.3, -0.25) is 9.59 Å². The molecular weight excluding hydrogens is 206 g/mol. The standard InChI is InChI=1S/C11H19N3O2/c12-7-10(15)14-5-3-9(4-6-14)13-11(16)8-1-2-8/h8-9H,1-7,12H2,(H,13,16). The number of nitrogens with two attached hydrogens (primary N) is 1. The molecule has 2 fully saturated rings. The molecule has 1 saturated heterocycles. The van der Waals surface area contributed by atoms with Gasteiger partial charge in [-0.15, -0.1) is 0 Å². The third kappa shape index (κ3) is 2.72. The Morgan fingerprint density at radius 1 is 1.19 bits per heavy atom. The molecule has 2 amide bonds. The van der Waals surface area contributed by atoms with E-state index in [2.05, 4.69) is 5.32 Å². The molecular formula is C11H19N3O2. The summed E-state index contributed by atoms with van der Waals surface area (Å²) in [5.74, 6) is 0.472. The minimum atomic E-state index is 0.00645. The van der Waals surface area contributed by atoms with Crippen molar-refractivity contribution in [2.45, 2.75) is 31.7 Å². The quantitative estimate of drug-likeness (QED) is 0.677. The Balaban J connectivity index is 1.72. The van der Waals surface area contributed by atoms with Crippen LogP contribution in [0, 0.1) is 5.92 Å². The Hall–Kier alpha value is -1.10. The molecule has 1 aliphatic carbocycles. The molecule has 16 heavy (non-hydrogen) atoms. The van der Waals surface area contributed by atoms with Gasteiger partial charge in [0.05, 0.1) is 6.54 Å². The molecule has 0 aromatic rings. The van der Waals surface area contributed by atoms with Crippen molar-refractivity contribution in [1.82, 2.24) is 10.2 Å². The Morgan fingerprint density at radius 3 is 2.31 bits per heavy atom. The smallest absolute Gasteiger partial charge is 0.236 e. The van der Waals surface area contributed by atoms with Gasteiger partial charge >= 0.3 is 0 Å². The Bertz CT molecular complexity index is 281. The lowest BCUT2D eigenvalue weighted by atomic mass is 10.0. The molecule has 1 saturated carbocycles. The van der Waals surface area contributed by atoms with Crippen LogP contribution in [-0.4, -0.2) is 42.4 Å². The number of rotatable bonds is 3. The minimum Gasteiger partial charge on any atom is -0.353 e. The summed E-state index contributed by atoms with van der Waals surface area (Å²) >= 11 is 0. The van der Waals surface area contributed by atoms with E-state index < -0.39 is 0 Å². The molecule has 5 heteroatoms. The predicted molar refractivity (Wildman–Crippen MR) is 59.5 cm³/mol. The molecule has 1 heterocycles. The lowest BCUT2D eigenvalue weighted by molar-refractivity contribution is -0.130. The van der Waals surface area contributed by atoms with Gasteiger partial charge in [-0.25, -0.2) is 0 Å². The number of amides is 2. The molecule has 3 N–H and O–H groups in total. The van der Waals surface area contributed by atoms with Gasteiger partial charge in [0.2, 0.25) is 11.8 Å². The van der Waals surface area contributed by atoms with Crippen molar-refractivity contribution in [1.29, 1.82) is 0 Å². The summed E-state index contributed by atoms with van der Waals surface area (Å²) in [6, 6.07) is 0.245. The third-order valence-corrected chi connectivity index (χ3v) is 3.32. The summed E-state index contributed by atoms with van der Waals surface area (Å²) in [5, 5.41) is 3.05. The maximum absolute atomic E-state index is 11.5. The van der Waals surface area contributed by atoms with E-state index in [-0.39, 0.29) is 30.3 Å². The van der Waals surface area contributed by atoms with Crippen LogP contribution in [0.15, 0.2) is 0 Å². The van der Waals surface area contributed by atoms with Crippen LogP contribution >= 0.6 is 0 Å². The van der Waals surface area contributed by atoms with Gasteiger partial charge < -0.3 is 16.0 Å². The largest absolute Gasteiger partial charge is 0.353 e. The number of nitrogens with zero attached hydrogens (tertiary/aromatic N) is 1. The summed E-state index contributed by atoms with van der Waals surface area (Å²) in [5.41, 5.74) is 5.31. The second-order valence-corrected chi connectivity index (χ2v) is 4.64. The molecule has 2 aliphatic rings. The monoisotopic (exact) mass is 225 g/mol. The normalized spacial score (nSPS) is 21.9. The molecule has 2 rings (SSSR count). The fourth-order valence-electron chi connectivity index (χ4n) is 2.07. The first-order valence-electron chi connectivity index (χ1n) is 5.99. The van der Waals surface area contributed by atoms with Gasteiger partial charge in [0.1, 0.15) is 0 Å². The summed E-state index contributed by atoms with van der Waals surface area (Å²) in [6.07, 6.45) is 3.78. The molecule has 0 radical (unpaired) electrons. The number of hydrogen-bond acceptors (Lipinski definition) is 3. The highest BCUT2D eigenvalue weighted by Gasteiger charge is 2.32. The van der Waals surface area contributed by atoms with Crippen molar-refractivity contribution in [2.24, 2.45) is 11.7 Å². The van der Waals surface area contributed by atoms with Crippen molar-refractivity contribution in [3.63, 3.8) is 0 Å². The number of nitrogens with one attached hydrogen (secondary N) is 1. The molecule has 1 aliphatic heterocycles. The van der Waals surface area contributed by atoms with E-state index >= 15 is 0 Å². The van der Waals surface area contributed by atoms with Crippen molar-refractivity contribution >= 4 is 11.8 Å². The average molecular weight is 225 g/mol. The van der Waals surface area contributed by atoms with Gasteiger partial charge in [-0.1, -0.05) is 0 Å². The van der Waals surface area contributed by atoms with Crippen molar-refractivity contribution in [3.05, 3.63) is 0 Å². The first-order chi connectivity index (χ1) is 7.70. The van der Waals surface area contributed by atoms with Crippen LogP contribution in [0.3, 0.4) is 0 Å². The molecule has 0 aromatic heterocycles. The van der Waals surface area contributed by atoms with Gasteiger partial charge in [0.15, 0.2) is 0 Å². The number of carbonyl (C=O) groups excluding carboxylic acids is 2. The van der Waals surface area contributed by atoms with Gasteiger partial charge in [0.25, 0.3) is 0 Å². The highest BCUT2D eigenvalue weighted by Crippen LogP contribution is 2.29. The van der Waals surface area contributed by atoms with E-state index in [1.807, 2.05) is 0 Å². The SMILES string of the molecule is NCC(=O)N1CCC(NC(=O)C2CC2)CC1. The first-order valence-corrected chi connectivity index (χ1v) is 5.99. The van der Waals surface area contributed by atoms with E-state index in [0.717, 1.165) is 25.7 Å². The van der Waals surface area contributed by atoms with Gasteiger partial charge in [-0.05, 0) is 25.7 Å². The van der Waals surface area contributed by atoms with E-state index in [1.54, 1.807) is 4.90 Å². The average Bonchev–Trinajstić information content (AvgIpc) is 3.13. The number of hydrogen-bond donors (Lipinski definition) is 2. The highest BCUT2D eigenvalue weighted by atomic mass is 16.2.